The van der Waals surface area contributed by atoms with Crippen molar-refractivity contribution in [1.29, 1.82) is 0 Å². The number of aromatic nitrogens is 3. The highest BCUT2D eigenvalue weighted by Crippen LogP contribution is 2.07. The van der Waals surface area contributed by atoms with E-state index >= 15 is 0 Å². The number of H-pyrrole nitrogens is 1. The Bertz CT molecular complexity index is 537. The molecule has 0 bridgehead atoms. The monoisotopic (exact) mass is 249 g/mol. The van der Waals surface area contributed by atoms with Crippen LogP contribution in [-0.2, 0) is 17.6 Å². The molecule has 2 rings (SSSR count). The first-order chi connectivity index (χ1) is 8.63. The van der Waals surface area contributed by atoms with Crippen LogP contribution in [0.5, 0.6) is 0 Å². The summed E-state index contributed by atoms with van der Waals surface area (Å²) in [6.45, 7) is 0. The van der Waals surface area contributed by atoms with Crippen LogP contribution in [0.1, 0.15) is 23.6 Å². The Morgan fingerprint density at radius 2 is 2.06 bits per heavy atom. The predicted molar refractivity (Wildman–Crippen MR) is 61.5 cm³/mol. The average Bonchev–Trinajstić information content (AvgIpc) is 2.77. The molecular weight excluding hydrogens is 237 g/mol. The molecule has 1 heterocycles. The number of rotatable bonds is 5. The third-order valence-corrected chi connectivity index (χ3v) is 2.43. The van der Waals surface area contributed by atoms with Crippen molar-refractivity contribution < 1.29 is 14.3 Å². The molecule has 0 radical (unpaired) electrons. The number of benzene rings is 1. The molecule has 0 saturated heterocycles. The van der Waals surface area contributed by atoms with Crippen LogP contribution >= 0.6 is 0 Å². The average molecular weight is 249 g/mol. The molecule has 1 aromatic heterocycles. The second-order valence-corrected chi connectivity index (χ2v) is 3.90. The summed E-state index contributed by atoms with van der Waals surface area (Å²) >= 11 is 0. The van der Waals surface area contributed by atoms with Gasteiger partial charge in [-0.25, -0.2) is 9.37 Å². The Morgan fingerprint density at radius 3 is 2.72 bits per heavy atom. The number of aryl methyl sites for hydroxylation is 1. The molecule has 0 fully saturated rings. The Morgan fingerprint density at radius 1 is 1.33 bits per heavy atom. The number of halogens is 1. The zero-order valence-electron chi connectivity index (χ0n) is 9.56. The quantitative estimate of drug-likeness (QED) is 0.842. The van der Waals surface area contributed by atoms with Gasteiger partial charge in [-0.2, -0.15) is 5.10 Å². The lowest BCUT2D eigenvalue weighted by atomic mass is 10.1. The van der Waals surface area contributed by atoms with E-state index in [4.69, 9.17) is 5.11 Å². The van der Waals surface area contributed by atoms with Crippen LogP contribution in [0.2, 0.25) is 0 Å². The first kappa shape index (κ1) is 12.2. The van der Waals surface area contributed by atoms with E-state index in [1.807, 2.05) is 0 Å². The summed E-state index contributed by atoms with van der Waals surface area (Å²) in [5.41, 5.74) is 0.914. The van der Waals surface area contributed by atoms with E-state index in [9.17, 15) is 9.18 Å². The van der Waals surface area contributed by atoms with E-state index in [0.717, 1.165) is 5.56 Å². The van der Waals surface area contributed by atoms with Gasteiger partial charge in [0.1, 0.15) is 11.6 Å². The van der Waals surface area contributed by atoms with Gasteiger partial charge >= 0.3 is 5.97 Å². The topological polar surface area (TPSA) is 78.9 Å². The molecule has 0 spiro atoms. The lowest BCUT2D eigenvalue weighted by molar-refractivity contribution is -0.137. The second-order valence-electron chi connectivity index (χ2n) is 3.90. The maximum absolute atomic E-state index is 12.7. The van der Waals surface area contributed by atoms with Gasteiger partial charge in [-0.3, -0.25) is 9.89 Å². The standard InChI is InChI=1S/C12H12FN3O2/c13-9-3-1-8(2-4-9)7-11-14-10(15-16-11)5-6-12(17)18/h1-4H,5-7H2,(H,17,18)(H,14,15,16). The van der Waals surface area contributed by atoms with Gasteiger partial charge in [-0.1, -0.05) is 12.1 Å². The number of nitrogens with one attached hydrogen (secondary N) is 1. The first-order valence-corrected chi connectivity index (χ1v) is 5.50. The van der Waals surface area contributed by atoms with Crippen LogP contribution in [-0.4, -0.2) is 26.3 Å². The maximum atomic E-state index is 12.7. The summed E-state index contributed by atoms with van der Waals surface area (Å²) < 4.78 is 12.7. The molecule has 94 valence electrons. The molecule has 0 saturated carbocycles. The second kappa shape index (κ2) is 5.39. The molecule has 0 aliphatic carbocycles. The van der Waals surface area contributed by atoms with Gasteiger partial charge in [0.15, 0.2) is 5.82 Å². The fourth-order valence-electron chi connectivity index (χ4n) is 1.54. The molecule has 0 atom stereocenters. The zero-order valence-corrected chi connectivity index (χ0v) is 9.56. The molecule has 0 aliphatic rings. The van der Waals surface area contributed by atoms with Gasteiger partial charge in [0.05, 0.1) is 6.42 Å². The SMILES string of the molecule is O=C(O)CCc1n[nH]c(Cc2ccc(F)cc2)n1. The Kier molecular flexibility index (Phi) is 3.66. The number of aliphatic carboxylic acids is 1. The third kappa shape index (κ3) is 3.38. The van der Waals surface area contributed by atoms with Gasteiger partial charge in [-0.05, 0) is 17.7 Å². The van der Waals surface area contributed by atoms with Crippen molar-refractivity contribution in [1.82, 2.24) is 15.2 Å². The molecule has 0 amide bonds. The van der Waals surface area contributed by atoms with E-state index in [1.54, 1.807) is 12.1 Å². The minimum Gasteiger partial charge on any atom is -0.481 e. The number of hydrogen-bond donors (Lipinski definition) is 2. The number of hydrogen-bond acceptors (Lipinski definition) is 3. The van der Waals surface area contributed by atoms with Gasteiger partial charge in [0.25, 0.3) is 0 Å². The predicted octanol–water partition coefficient (Wildman–Crippen LogP) is 1.55. The van der Waals surface area contributed by atoms with Gasteiger partial charge in [0.2, 0.25) is 0 Å². The molecule has 1 aromatic carbocycles. The highest BCUT2D eigenvalue weighted by molar-refractivity contribution is 5.66. The van der Waals surface area contributed by atoms with E-state index in [2.05, 4.69) is 15.2 Å². The lowest BCUT2D eigenvalue weighted by Gasteiger charge is -1.96. The van der Waals surface area contributed by atoms with Crippen molar-refractivity contribution in [3.05, 3.63) is 47.3 Å². The van der Waals surface area contributed by atoms with Crippen LogP contribution in [0, 0.1) is 5.82 Å². The molecule has 0 unspecified atom stereocenters. The number of carbonyl (C=O) groups is 1. The number of carboxylic acids is 1. The van der Waals surface area contributed by atoms with Gasteiger partial charge in [0, 0.05) is 12.8 Å². The summed E-state index contributed by atoms with van der Waals surface area (Å²) in [6, 6.07) is 6.12. The highest BCUT2D eigenvalue weighted by Gasteiger charge is 2.06. The molecular formula is C12H12FN3O2. The summed E-state index contributed by atoms with van der Waals surface area (Å²) in [6.07, 6.45) is 0.823. The smallest absolute Gasteiger partial charge is 0.303 e. The minimum absolute atomic E-state index is 0.00778. The van der Waals surface area contributed by atoms with Crippen molar-refractivity contribution in [2.45, 2.75) is 19.3 Å². The summed E-state index contributed by atoms with van der Waals surface area (Å²) in [4.78, 5) is 14.6. The third-order valence-electron chi connectivity index (χ3n) is 2.43. The Balaban J connectivity index is 1.97. The molecule has 0 aliphatic heterocycles. The number of aromatic amines is 1. The highest BCUT2D eigenvalue weighted by atomic mass is 19.1. The maximum Gasteiger partial charge on any atom is 0.303 e. The molecule has 2 aromatic rings. The van der Waals surface area contributed by atoms with E-state index in [1.165, 1.54) is 12.1 Å². The van der Waals surface area contributed by atoms with Crippen molar-refractivity contribution in [2.75, 3.05) is 0 Å². The normalized spacial score (nSPS) is 10.5. The lowest BCUT2D eigenvalue weighted by Crippen LogP contribution is -1.99. The summed E-state index contributed by atoms with van der Waals surface area (Å²) in [5, 5.41) is 15.2. The number of carboxylic acid groups (broad SMARTS) is 1. The van der Waals surface area contributed by atoms with Gasteiger partial charge < -0.3 is 5.11 Å². The number of nitrogens with zero attached hydrogens (tertiary/aromatic N) is 2. The first-order valence-electron chi connectivity index (χ1n) is 5.50. The van der Waals surface area contributed by atoms with E-state index < -0.39 is 5.97 Å². The molecule has 5 nitrogen and oxygen atoms in total. The summed E-state index contributed by atoms with van der Waals surface area (Å²) in [5.74, 6) is -0.0325. The van der Waals surface area contributed by atoms with E-state index in [0.29, 0.717) is 24.5 Å². The van der Waals surface area contributed by atoms with Crippen LogP contribution in [0.15, 0.2) is 24.3 Å². The van der Waals surface area contributed by atoms with Gasteiger partial charge in [-0.15, -0.1) is 0 Å². The fourth-order valence-corrected chi connectivity index (χ4v) is 1.54. The van der Waals surface area contributed by atoms with Crippen molar-refractivity contribution in [3.8, 4) is 0 Å². The van der Waals surface area contributed by atoms with Crippen molar-refractivity contribution >= 4 is 5.97 Å². The summed E-state index contributed by atoms with van der Waals surface area (Å²) in [7, 11) is 0. The van der Waals surface area contributed by atoms with Crippen LogP contribution in [0.25, 0.3) is 0 Å². The molecule has 2 N–H and O–H groups in total. The van der Waals surface area contributed by atoms with Crippen LogP contribution in [0.4, 0.5) is 4.39 Å². The van der Waals surface area contributed by atoms with E-state index in [-0.39, 0.29) is 12.2 Å². The Labute approximate surface area is 103 Å². The van der Waals surface area contributed by atoms with Crippen LogP contribution < -0.4 is 0 Å². The molecule has 6 heteroatoms. The minimum atomic E-state index is -0.875. The molecule has 18 heavy (non-hydrogen) atoms. The van der Waals surface area contributed by atoms with Crippen molar-refractivity contribution in [3.63, 3.8) is 0 Å². The largest absolute Gasteiger partial charge is 0.481 e. The Hall–Kier alpha value is -2.24. The zero-order chi connectivity index (χ0) is 13.0. The fraction of sp³-hybridized carbons (Fsp3) is 0.250. The van der Waals surface area contributed by atoms with Crippen molar-refractivity contribution in [2.24, 2.45) is 0 Å². The van der Waals surface area contributed by atoms with Crippen LogP contribution in [0.3, 0.4) is 0 Å².